The van der Waals surface area contributed by atoms with E-state index in [1.807, 2.05) is 11.8 Å². The van der Waals surface area contributed by atoms with E-state index in [9.17, 15) is 18.0 Å². The van der Waals surface area contributed by atoms with Crippen LogP contribution < -0.4 is 4.90 Å². The molecule has 3 aromatic rings. The molecule has 10 nitrogen and oxygen atoms in total. The molecule has 2 saturated heterocycles. The van der Waals surface area contributed by atoms with Gasteiger partial charge < -0.3 is 19.0 Å². The third-order valence-corrected chi connectivity index (χ3v) is 13.0. The fourth-order valence-electron chi connectivity index (χ4n) is 4.94. The minimum absolute atomic E-state index is 0.0355. The second-order valence-electron chi connectivity index (χ2n) is 13.8. The first-order valence-corrected chi connectivity index (χ1v) is 17.1. The van der Waals surface area contributed by atoms with Crippen LogP contribution in [-0.4, -0.2) is 80.8 Å². The summed E-state index contributed by atoms with van der Waals surface area (Å²) in [6.45, 7) is 19.5. The Bertz CT molecular complexity index is 1480. The summed E-state index contributed by atoms with van der Waals surface area (Å²) >= 11 is 0. The molecule has 2 aliphatic rings. The van der Waals surface area contributed by atoms with Crippen LogP contribution in [0.3, 0.4) is 0 Å². The fraction of sp³-hybridized carbons (Fsp3) is 0.643. The monoisotopic (exact) mass is 607 g/mol. The predicted molar refractivity (Wildman–Crippen MR) is 155 cm³/mol. The number of hydrogen-bond acceptors (Lipinski definition) is 7. The number of aromatic nitrogens is 5. The van der Waals surface area contributed by atoms with E-state index in [4.69, 9.17) is 9.16 Å². The zero-order valence-corrected chi connectivity index (χ0v) is 26.7. The maximum Gasteiger partial charge on any atom is 0.433 e. The summed E-state index contributed by atoms with van der Waals surface area (Å²) in [6, 6.07) is -0.269. The van der Waals surface area contributed by atoms with E-state index in [1.165, 1.54) is 18.6 Å². The Labute approximate surface area is 244 Å². The van der Waals surface area contributed by atoms with Crippen LogP contribution in [0.1, 0.15) is 60.2 Å². The van der Waals surface area contributed by atoms with Gasteiger partial charge in [-0.15, -0.1) is 0 Å². The number of anilines is 1. The lowest BCUT2D eigenvalue weighted by molar-refractivity contribution is -0.141. The minimum atomic E-state index is -4.69. The molecule has 0 saturated carbocycles. The van der Waals surface area contributed by atoms with E-state index in [0.29, 0.717) is 25.5 Å². The number of amides is 1. The van der Waals surface area contributed by atoms with E-state index in [-0.39, 0.29) is 40.1 Å². The van der Waals surface area contributed by atoms with Gasteiger partial charge in [-0.05, 0) is 45.8 Å². The van der Waals surface area contributed by atoms with Crippen molar-refractivity contribution in [3.05, 3.63) is 30.5 Å². The number of ether oxygens (including phenoxy) is 1. The van der Waals surface area contributed by atoms with Gasteiger partial charge in [0, 0.05) is 43.8 Å². The first-order chi connectivity index (χ1) is 19.3. The molecule has 0 N–H and O–H groups in total. The van der Waals surface area contributed by atoms with Crippen LogP contribution in [0.25, 0.3) is 16.9 Å². The average molecular weight is 608 g/mol. The summed E-state index contributed by atoms with van der Waals surface area (Å²) in [5.74, 6) is 0.373. The number of carbonyl (C=O) groups is 1. The highest BCUT2D eigenvalue weighted by atomic mass is 28.4. The second kappa shape index (κ2) is 9.96. The highest BCUT2D eigenvalue weighted by molar-refractivity contribution is 6.74. The minimum Gasteiger partial charge on any atom is -0.444 e. The molecule has 230 valence electrons. The Balaban J connectivity index is 1.44. The van der Waals surface area contributed by atoms with Crippen molar-refractivity contribution >= 4 is 25.9 Å². The molecule has 3 aromatic heterocycles. The Hall–Kier alpha value is -3.13. The van der Waals surface area contributed by atoms with Gasteiger partial charge in [0.25, 0.3) is 0 Å². The van der Waals surface area contributed by atoms with Crippen LogP contribution in [0.15, 0.2) is 24.8 Å². The summed E-state index contributed by atoms with van der Waals surface area (Å²) in [4.78, 5) is 24.7. The lowest BCUT2D eigenvalue weighted by atomic mass is 10.0. The molecule has 0 aliphatic carbocycles. The zero-order valence-electron chi connectivity index (χ0n) is 25.7. The standard InChI is InChI=1S/C28H40F3N7O3Si/c1-17-20(41-42(8,9)27(5,6)7)16-37(17)24-23-32-10-11-36(23)22(28(29,30)31)21(34-24)18-12-33-38(13-18)19-14-35(15-19)25(39)40-26(2,3)4/h10-13,17,19-20H,14-16H2,1-9H3/t17-,20+/m0/s1. The van der Waals surface area contributed by atoms with Crippen LogP contribution in [0.2, 0.25) is 18.1 Å². The lowest BCUT2D eigenvalue weighted by Gasteiger charge is -2.51. The molecule has 0 aromatic carbocycles. The van der Waals surface area contributed by atoms with E-state index in [0.717, 1.165) is 4.40 Å². The molecule has 5 heterocycles. The topological polar surface area (TPSA) is 90.0 Å². The van der Waals surface area contributed by atoms with Crippen molar-refractivity contribution in [2.45, 2.75) is 96.6 Å². The van der Waals surface area contributed by atoms with Crippen LogP contribution in [-0.2, 0) is 15.3 Å². The molecular formula is C28H40F3N7O3Si. The van der Waals surface area contributed by atoms with Crippen molar-refractivity contribution < 1.29 is 27.1 Å². The first-order valence-electron chi connectivity index (χ1n) is 14.2. The van der Waals surface area contributed by atoms with Crippen molar-refractivity contribution in [3.8, 4) is 11.3 Å². The number of imidazole rings is 1. The number of likely N-dealkylation sites (tertiary alicyclic amines) is 1. The Morgan fingerprint density at radius 1 is 1.07 bits per heavy atom. The van der Waals surface area contributed by atoms with Crippen molar-refractivity contribution in [2.75, 3.05) is 24.5 Å². The molecule has 0 radical (unpaired) electrons. The van der Waals surface area contributed by atoms with Gasteiger partial charge in [0.05, 0.1) is 24.4 Å². The molecular weight excluding hydrogens is 567 g/mol. The van der Waals surface area contributed by atoms with Gasteiger partial charge in [0.2, 0.25) is 0 Å². The van der Waals surface area contributed by atoms with Crippen molar-refractivity contribution in [2.24, 2.45) is 0 Å². The van der Waals surface area contributed by atoms with Crippen LogP contribution in [0, 0.1) is 0 Å². The molecule has 2 fully saturated rings. The predicted octanol–water partition coefficient (Wildman–Crippen LogP) is 6.00. The second-order valence-corrected chi connectivity index (χ2v) is 18.6. The zero-order chi connectivity index (χ0) is 31.0. The summed E-state index contributed by atoms with van der Waals surface area (Å²) < 4.78 is 58.2. The average Bonchev–Trinajstić information content (AvgIpc) is 3.47. The van der Waals surface area contributed by atoms with Crippen LogP contribution in [0.4, 0.5) is 23.8 Å². The normalized spacial score (nSPS) is 20.6. The quantitative estimate of drug-likeness (QED) is 0.329. The van der Waals surface area contributed by atoms with E-state index >= 15 is 0 Å². The molecule has 0 spiro atoms. The van der Waals surface area contributed by atoms with E-state index < -0.39 is 31.9 Å². The first kappa shape index (κ1) is 30.3. The molecule has 42 heavy (non-hydrogen) atoms. The SMILES string of the molecule is C[C@H]1[C@H](O[Si](C)(C)C(C)(C)C)CN1c1nc(-c2cnn(C3CN(C(=O)OC(C)(C)C)C3)c2)c(C(F)(F)F)n2ccnc12. The lowest BCUT2D eigenvalue weighted by Crippen LogP contribution is -2.64. The molecule has 2 aliphatic heterocycles. The van der Waals surface area contributed by atoms with Gasteiger partial charge in [-0.2, -0.15) is 18.3 Å². The molecule has 5 rings (SSSR count). The molecule has 1 amide bonds. The van der Waals surface area contributed by atoms with Crippen molar-refractivity contribution in [1.29, 1.82) is 0 Å². The number of halogens is 3. The van der Waals surface area contributed by atoms with Gasteiger partial charge in [-0.3, -0.25) is 9.08 Å². The molecule has 2 atom stereocenters. The Morgan fingerprint density at radius 2 is 1.74 bits per heavy atom. The highest BCUT2D eigenvalue weighted by Crippen LogP contribution is 2.43. The number of fused-ring (bicyclic) bond motifs is 1. The smallest absolute Gasteiger partial charge is 0.433 e. The number of hydrogen-bond donors (Lipinski definition) is 0. The molecule has 0 unspecified atom stereocenters. The van der Waals surface area contributed by atoms with Gasteiger partial charge in [0.15, 0.2) is 25.5 Å². The van der Waals surface area contributed by atoms with Crippen LogP contribution >= 0.6 is 0 Å². The van der Waals surface area contributed by atoms with Gasteiger partial charge in [-0.1, -0.05) is 20.8 Å². The third kappa shape index (κ3) is 5.50. The highest BCUT2D eigenvalue weighted by Gasteiger charge is 2.47. The Kier molecular flexibility index (Phi) is 7.20. The van der Waals surface area contributed by atoms with E-state index in [2.05, 4.69) is 48.9 Å². The van der Waals surface area contributed by atoms with E-state index in [1.54, 1.807) is 36.5 Å². The van der Waals surface area contributed by atoms with Crippen molar-refractivity contribution in [3.63, 3.8) is 0 Å². The number of nitrogens with zero attached hydrogens (tertiary/aromatic N) is 7. The van der Waals surface area contributed by atoms with Crippen LogP contribution in [0.5, 0.6) is 0 Å². The maximum absolute atomic E-state index is 14.5. The summed E-state index contributed by atoms with van der Waals surface area (Å²) in [5, 5.41) is 4.38. The van der Waals surface area contributed by atoms with Gasteiger partial charge in [0.1, 0.15) is 11.3 Å². The number of alkyl halides is 3. The number of carbonyl (C=O) groups excluding carboxylic acids is 1. The summed E-state index contributed by atoms with van der Waals surface area (Å²) in [5.41, 5.74) is -1.38. The van der Waals surface area contributed by atoms with Gasteiger partial charge >= 0.3 is 12.3 Å². The summed E-state index contributed by atoms with van der Waals surface area (Å²) in [6.07, 6.45) is 0.449. The van der Waals surface area contributed by atoms with Gasteiger partial charge in [-0.25, -0.2) is 14.8 Å². The summed E-state index contributed by atoms with van der Waals surface area (Å²) in [7, 11) is -2.04. The maximum atomic E-state index is 14.5. The Morgan fingerprint density at radius 3 is 2.31 bits per heavy atom. The molecule has 14 heteroatoms. The van der Waals surface area contributed by atoms with Crippen molar-refractivity contribution in [1.82, 2.24) is 29.0 Å². The number of rotatable bonds is 5. The third-order valence-electron chi connectivity index (χ3n) is 8.49. The molecule has 0 bridgehead atoms. The largest absolute Gasteiger partial charge is 0.444 e. The fourth-order valence-corrected chi connectivity index (χ4v) is 6.32.